The molecule has 5 heteroatoms. The number of nitrogen functional groups attached to an aromatic ring is 1. The van der Waals surface area contributed by atoms with Crippen LogP contribution in [0.5, 0.6) is 0 Å². The van der Waals surface area contributed by atoms with Crippen LogP contribution in [0.2, 0.25) is 0 Å². The van der Waals surface area contributed by atoms with Crippen molar-refractivity contribution in [2.45, 2.75) is 38.5 Å². The van der Waals surface area contributed by atoms with E-state index in [0.29, 0.717) is 11.7 Å². The van der Waals surface area contributed by atoms with Crippen LogP contribution in [-0.2, 0) is 19.3 Å². The van der Waals surface area contributed by atoms with Gasteiger partial charge in [0.05, 0.1) is 5.69 Å². The lowest BCUT2D eigenvalue weighted by Gasteiger charge is -2.33. The third-order valence-electron chi connectivity index (χ3n) is 5.44. The van der Waals surface area contributed by atoms with Gasteiger partial charge < -0.3 is 10.6 Å². The van der Waals surface area contributed by atoms with Gasteiger partial charge in [0.2, 0.25) is 0 Å². The molecule has 2 N–H and O–H groups in total. The zero-order valence-electron chi connectivity index (χ0n) is 14.4. The van der Waals surface area contributed by atoms with Gasteiger partial charge in [0.25, 0.3) is 5.91 Å². The summed E-state index contributed by atoms with van der Waals surface area (Å²) >= 11 is 0. The summed E-state index contributed by atoms with van der Waals surface area (Å²) in [5.41, 5.74) is 10.4. The maximum absolute atomic E-state index is 12.9. The van der Waals surface area contributed by atoms with Gasteiger partial charge in [-0.25, -0.2) is 4.98 Å². The Labute approximate surface area is 148 Å². The van der Waals surface area contributed by atoms with Gasteiger partial charge >= 0.3 is 0 Å². The van der Waals surface area contributed by atoms with E-state index in [1.165, 1.54) is 17.5 Å². The van der Waals surface area contributed by atoms with Crippen LogP contribution in [-0.4, -0.2) is 33.9 Å². The number of piperidine rings is 1. The zero-order valence-corrected chi connectivity index (χ0v) is 14.4. The van der Waals surface area contributed by atoms with E-state index >= 15 is 0 Å². The Morgan fingerprint density at radius 2 is 2.00 bits per heavy atom. The Morgan fingerprint density at radius 3 is 2.88 bits per heavy atom. The number of carbonyl (C=O) groups is 1. The van der Waals surface area contributed by atoms with E-state index in [2.05, 4.69) is 22.1 Å². The quantitative estimate of drug-likeness (QED) is 0.935. The summed E-state index contributed by atoms with van der Waals surface area (Å²) in [5, 5.41) is 0. The molecule has 25 heavy (non-hydrogen) atoms. The number of benzene rings is 1. The van der Waals surface area contributed by atoms with Crippen molar-refractivity contribution in [3.8, 4) is 0 Å². The number of amides is 1. The first kappa shape index (κ1) is 16.1. The van der Waals surface area contributed by atoms with Gasteiger partial charge in [-0.1, -0.05) is 6.07 Å². The van der Waals surface area contributed by atoms with Crippen molar-refractivity contribution in [1.82, 2.24) is 14.9 Å². The number of carbonyl (C=O) groups excluding carboxylic acids is 1. The molecule has 0 unspecified atom stereocenters. The van der Waals surface area contributed by atoms with Crippen LogP contribution in [0.15, 0.2) is 30.6 Å². The molecule has 1 amide bonds. The summed E-state index contributed by atoms with van der Waals surface area (Å²) < 4.78 is 0. The molecule has 0 radical (unpaired) electrons. The predicted octanol–water partition coefficient (Wildman–Crippen LogP) is 2.64. The van der Waals surface area contributed by atoms with Gasteiger partial charge in [-0.05, 0) is 67.7 Å². The molecule has 1 aliphatic heterocycles. The standard InChI is InChI=1S/C20H24N4O/c21-19-18(22-8-9-23-19)11-14-3-2-10-24(13-14)20(25)17-7-6-15-4-1-5-16(15)12-17/h6-9,12,14H,1-5,10-11,13H2,(H2,21,23)/t14-/m1/s1. The van der Waals surface area contributed by atoms with E-state index in [4.69, 9.17) is 5.73 Å². The molecule has 4 rings (SSSR count). The van der Waals surface area contributed by atoms with E-state index in [0.717, 1.165) is 56.5 Å². The molecule has 1 fully saturated rings. The number of anilines is 1. The van der Waals surface area contributed by atoms with Gasteiger partial charge in [-0.15, -0.1) is 0 Å². The van der Waals surface area contributed by atoms with Crippen LogP contribution in [0.1, 0.15) is 46.4 Å². The normalized spacial score (nSPS) is 19.7. The highest BCUT2D eigenvalue weighted by atomic mass is 16.2. The first-order chi connectivity index (χ1) is 12.2. The number of hydrogen-bond donors (Lipinski definition) is 1. The van der Waals surface area contributed by atoms with E-state index in [1.807, 2.05) is 11.0 Å². The minimum atomic E-state index is 0.159. The van der Waals surface area contributed by atoms with Gasteiger partial charge in [-0.2, -0.15) is 0 Å². The first-order valence-corrected chi connectivity index (χ1v) is 9.17. The van der Waals surface area contributed by atoms with Crippen molar-refractivity contribution in [3.05, 3.63) is 53.0 Å². The predicted molar refractivity (Wildman–Crippen MR) is 97.2 cm³/mol. The van der Waals surface area contributed by atoms with Crippen molar-refractivity contribution >= 4 is 11.7 Å². The zero-order chi connectivity index (χ0) is 17.2. The second kappa shape index (κ2) is 6.82. The molecule has 0 spiro atoms. The number of likely N-dealkylation sites (tertiary alicyclic amines) is 1. The maximum atomic E-state index is 12.9. The van der Waals surface area contributed by atoms with Gasteiger partial charge in [0.15, 0.2) is 0 Å². The van der Waals surface area contributed by atoms with Crippen molar-refractivity contribution in [3.63, 3.8) is 0 Å². The van der Waals surface area contributed by atoms with Crippen LogP contribution in [0, 0.1) is 5.92 Å². The fourth-order valence-electron chi connectivity index (χ4n) is 4.11. The molecule has 1 aliphatic carbocycles. The van der Waals surface area contributed by atoms with Crippen molar-refractivity contribution in [1.29, 1.82) is 0 Å². The molecule has 1 aromatic heterocycles. The van der Waals surface area contributed by atoms with Crippen LogP contribution < -0.4 is 5.73 Å². The van der Waals surface area contributed by atoms with Crippen molar-refractivity contribution in [2.75, 3.05) is 18.8 Å². The molecule has 5 nitrogen and oxygen atoms in total. The number of nitrogens with two attached hydrogens (primary N) is 1. The fourth-order valence-corrected chi connectivity index (χ4v) is 4.11. The summed E-state index contributed by atoms with van der Waals surface area (Å²) in [5.74, 6) is 1.06. The van der Waals surface area contributed by atoms with Crippen molar-refractivity contribution in [2.24, 2.45) is 5.92 Å². The van der Waals surface area contributed by atoms with Gasteiger partial charge in [-0.3, -0.25) is 9.78 Å². The van der Waals surface area contributed by atoms with Gasteiger partial charge in [0.1, 0.15) is 5.82 Å². The first-order valence-electron chi connectivity index (χ1n) is 9.17. The van der Waals surface area contributed by atoms with Crippen LogP contribution in [0.25, 0.3) is 0 Å². The summed E-state index contributed by atoms with van der Waals surface area (Å²) in [6, 6.07) is 6.24. The molecule has 1 atom stereocenters. The lowest BCUT2D eigenvalue weighted by molar-refractivity contribution is 0.0673. The molecule has 1 saturated heterocycles. The Morgan fingerprint density at radius 1 is 1.16 bits per heavy atom. The number of rotatable bonds is 3. The number of fused-ring (bicyclic) bond motifs is 1. The Hall–Kier alpha value is -2.43. The minimum absolute atomic E-state index is 0.159. The van der Waals surface area contributed by atoms with Crippen LogP contribution in [0.3, 0.4) is 0 Å². The molecule has 0 saturated carbocycles. The number of aromatic nitrogens is 2. The highest BCUT2D eigenvalue weighted by Gasteiger charge is 2.26. The third-order valence-corrected chi connectivity index (χ3v) is 5.44. The average Bonchev–Trinajstić information content (AvgIpc) is 3.11. The van der Waals surface area contributed by atoms with E-state index < -0.39 is 0 Å². The van der Waals surface area contributed by atoms with Gasteiger partial charge in [0, 0.05) is 31.0 Å². The Bertz CT molecular complexity index is 789. The monoisotopic (exact) mass is 336 g/mol. The number of nitrogens with zero attached hydrogens (tertiary/aromatic N) is 3. The largest absolute Gasteiger partial charge is 0.382 e. The Kier molecular flexibility index (Phi) is 4.38. The highest BCUT2D eigenvalue weighted by Crippen LogP contribution is 2.26. The summed E-state index contributed by atoms with van der Waals surface area (Å²) in [4.78, 5) is 23.4. The fraction of sp³-hybridized carbons (Fsp3) is 0.450. The molecule has 2 aromatic rings. The molecule has 2 heterocycles. The Balaban J connectivity index is 1.45. The smallest absolute Gasteiger partial charge is 0.253 e. The lowest BCUT2D eigenvalue weighted by Crippen LogP contribution is -2.40. The van der Waals surface area contributed by atoms with E-state index in [-0.39, 0.29) is 5.91 Å². The number of aryl methyl sites for hydroxylation is 2. The molecular formula is C20H24N4O. The molecule has 1 aromatic carbocycles. The lowest BCUT2D eigenvalue weighted by atomic mass is 9.92. The second-order valence-electron chi connectivity index (χ2n) is 7.19. The van der Waals surface area contributed by atoms with E-state index in [9.17, 15) is 4.79 Å². The van der Waals surface area contributed by atoms with Crippen molar-refractivity contribution < 1.29 is 4.79 Å². The van der Waals surface area contributed by atoms with E-state index in [1.54, 1.807) is 12.4 Å². The van der Waals surface area contributed by atoms with Crippen LogP contribution in [0.4, 0.5) is 5.82 Å². The average molecular weight is 336 g/mol. The summed E-state index contributed by atoms with van der Waals surface area (Å²) in [6.45, 7) is 1.61. The highest BCUT2D eigenvalue weighted by molar-refractivity contribution is 5.94. The topological polar surface area (TPSA) is 72.1 Å². The summed E-state index contributed by atoms with van der Waals surface area (Å²) in [6.07, 6.45) is 9.67. The maximum Gasteiger partial charge on any atom is 0.253 e. The molecule has 0 bridgehead atoms. The number of hydrogen-bond acceptors (Lipinski definition) is 4. The third kappa shape index (κ3) is 3.36. The molecule has 130 valence electrons. The minimum Gasteiger partial charge on any atom is -0.382 e. The second-order valence-corrected chi connectivity index (χ2v) is 7.19. The summed E-state index contributed by atoms with van der Waals surface area (Å²) in [7, 11) is 0. The molecule has 2 aliphatic rings. The molecular weight excluding hydrogens is 312 g/mol. The SMILES string of the molecule is Nc1nccnc1C[C@H]1CCCN(C(=O)c2ccc3c(c2)CCC3)C1. The van der Waals surface area contributed by atoms with Crippen LogP contribution >= 0.6 is 0 Å².